The highest BCUT2D eigenvalue weighted by molar-refractivity contribution is 7.09. The quantitative estimate of drug-likeness (QED) is 0.863. The lowest BCUT2D eigenvalue weighted by atomic mass is 10.1. The van der Waals surface area contributed by atoms with Crippen molar-refractivity contribution in [2.45, 2.75) is 32.4 Å². The number of aryl methyl sites for hydroxylation is 1. The topological polar surface area (TPSA) is 56.1 Å². The van der Waals surface area contributed by atoms with Gasteiger partial charge in [-0.2, -0.15) is 9.47 Å². The molecule has 108 valence electrons. The van der Waals surface area contributed by atoms with E-state index in [1.807, 2.05) is 17.9 Å². The van der Waals surface area contributed by atoms with E-state index in [9.17, 15) is 0 Å². The van der Waals surface area contributed by atoms with Gasteiger partial charge in [-0.25, -0.2) is 4.98 Å². The molecule has 20 heavy (non-hydrogen) atoms. The lowest BCUT2D eigenvalue weighted by Gasteiger charge is -2.23. The molecular formula is C13H19N5OS. The number of methoxy groups -OCH3 is 1. The number of aromatic nitrogens is 4. The fourth-order valence-corrected chi connectivity index (χ4v) is 3.46. The highest BCUT2D eigenvalue weighted by Crippen LogP contribution is 2.37. The summed E-state index contributed by atoms with van der Waals surface area (Å²) in [4.78, 5) is 6.92. The van der Waals surface area contributed by atoms with Crippen LogP contribution in [0.2, 0.25) is 0 Å². The van der Waals surface area contributed by atoms with Crippen molar-refractivity contribution in [3.8, 4) is 0 Å². The molecule has 0 aromatic carbocycles. The van der Waals surface area contributed by atoms with Crippen molar-refractivity contribution in [2.75, 3.05) is 18.6 Å². The molecule has 2 aromatic rings. The summed E-state index contributed by atoms with van der Waals surface area (Å²) in [6, 6.07) is 0.368. The minimum Gasteiger partial charge on any atom is -0.377 e. The maximum Gasteiger partial charge on any atom is 0.205 e. The molecule has 1 saturated heterocycles. The second kappa shape index (κ2) is 5.49. The third kappa shape index (κ3) is 2.31. The van der Waals surface area contributed by atoms with Crippen LogP contribution in [-0.4, -0.2) is 32.8 Å². The van der Waals surface area contributed by atoms with Crippen molar-refractivity contribution in [3.05, 3.63) is 23.3 Å². The van der Waals surface area contributed by atoms with Gasteiger partial charge in [0.2, 0.25) is 5.13 Å². The molecule has 0 spiro atoms. The van der Waals surface area contributed by atoms with Gasteiger partial charge in [0.05, 0.1) is 12.2 Å². The molecule has 7 heteroatoms. The van der Waals surface area contributed by atoms with Crippen LogP contribution in [0.25, 0.3) is 0 Å². The highest BCUT2D eigenvalue weighted by atomic mass is 32.1. The van der Waals surface area contributed by atoms with Gasteiger partial charge in [0.15, 0.2) is 5.82 Å². The van der Waals surface area contributed by atoms with E-state index < -0.39 is 0 Å². The molecule has 0 radical (unpaired) electrons. The maximum atomic E-state index is 5.09. The summed E-state index contributed by atoms with van der Waals surface area (Å²) in [6.07, 6.45) is 4.30. The Morgan fingerprint density at radius 3 is 3.05 bits per heavy atom. The molecule has 6 nitrogen and oxygen atoms in total. The summed E-state index contributed by atoms with van der Waals surface area (Å²) >= 11 is 1.46. The summed E-state index contributed by atoms with van der Waals surface area (Å²) in [6.45, 7) is 3.62. The first-order valence-corrected chi connectivity index (χ1v) is 7.54. The Bertz CT molecular complexity index is 593. The van der Waals surface area contributed by atoms with E-state index in [0.717, 1.165) is 23.9 Å². The van der Waals surface area contributed by atoms with Crippen molar-refractivity contribution < 1.29 is 4.74 Å². The molecule has 0 aliphatic carbocycles. The first kappa shape index (κ1) is 13.5. The highest BCUT2D eigenvalue weighted by Gasteiger charge is 2.30. The van der Waals surface area contributed by atoms with Crippen LogP contribution in [-0.2, 0) is 18.4 Å². The van der Waals surface area contributed by atoms with Crippen molar-refractivity contribution in [1.82, 2.24) is 19.1 Å². The second-order valence-corrected chi connectivity index (χ2v) is 5.82. The zero-order valence-electron chi connectivity index (χ0n) is 12.0. The summed E-state index contributed by atoms with van der Waals surface area (Å²) in [5, 5.41) is 5.35. The summed E-state index contributed by atoms with van der Waals surface area (Å²) in [5.74, 6) is 0.765. The predicted octanol–water partition coefficient (Wildman–Crippen LogP) is 2.07. The third-order valence-corrected chi connectivity index (χ3v) is 4.65. The Morgan fingerprint density at radius 1 is 1.50 bits per heavy atom. The van der Waals surface area contributed by atoms with Crippen LogP contribution in [0, 0.1) is 6.92 Å². The molecule has 1 aliphatic rings. The van der Waals surface area contributed by atoms with Gasteiger partial charge >= 0.3 is 0 Å². The molecule has 0 unspecified atom stereocenters. The standard InChI is InChI=1S/C13H19N5OS/c1-9-10(7-14-17(9)2)11-5-4-6-18(11)13-15-12(8-19-3)16-20-13/h7,11H,4-6,8H2,1-3H3/t11-/m1/s1. The third-order valence-electron chi connectivity index (χ3n) is 3.86. The largest absolute Gasteiger partial charge is 0.377 e. The average Bonchev–Trinajstić information content (AvgIpc) is 3.12. The van der Waals surface area contributed by atoms with Gasteiger partial charge in [0.25, 0.3) is 0 Å². The molecule has 2 aromatic heterocycles. The van der Waals surface area contributed by atoms with Gasteiger partial charge in [0, 0.05) is 43.5 Å². The van der Waals surface area contributed by atoms with Crippen molar-refractivity contribution in [2.24, 2.45) is 7.05 Å². The van der Waals surface area contributed by atoms with Gasteiger partial charge in [-0.1, -0.05) is 0 Å². The lowest BCUT2D eigenvalue weighted by Crippen LogP contribution is -2.22. The Balaban J connectivity index is 1.86. The van der Waals surface area contributed by atoms with Crippen LogP contribution in [0.4, 0.5) is 5.13 Å². The molecule has 1 atom stereocenters. The van der Waals surface area contributed by atoms with Crippen molar-refractivity contribution in [1.29, 1.82) is 0 Å². The number of ether oxygens (including phenoxy) is 1. The number of hydrogen-bond acceptors (Lipinski definition) is 6. The van der Waals surface area contributed by atoms with Gasteiger partial charge in [-0.05, 0) is 19.8 Å². The van der Waals surface area contributed by atoms with E-state index in [2.05, 4.69) is 26.3 Å². The van der Waals surface area contributed by atoms with E-state index >= 15 is 0 Å². The fourth-order valence-electron chi connectivity index (χ4n) is 2.71. The zero-order chi connectivity index (χ0) is 14.1. The van der Waals surface area contributed by atoms with E-state index in [1.54, 1.807) is 7.11 Å². The second-order valence-electron chi connectivity index (χ2n) is 5.09. The molecule has 3 rings (SSSR count). The Kier molecular flexibility index (Phi) is 3.71. The number of rotatable bonds is 4. The van der Waals surface area contributed by atoms with Gasteiger partial charge in [-0.3, -0.25) is 4.68 Å². The van der Waals surface area contributed by atoms with E-state index in [4.69, 9.17) is 4.74 Å². The Labute approximate surface area is 122 Å². The zero-order valence-corrected chi connectivity index (χ0v) is 12.9. The molecule has 0 bridgehead atoms. The Hall–Kier alpha value is -1.47. The smallest absolute Gasteiger partial charge is 0.205 e. The van der Waals surface area contributed by atoms with Crippen LogP contribution in [0.5, 0.6) is 0 Å². The summed E-state index contributed by atoms with van der Waals surface area (Å²) in [7, 11) is 3.65. The van der Waals surface area contributed by atoms with Crippen LogP contribution in [0.3, 0.4) is 0 Å². The summed E-state index contributed by atoms with van der Waals surface area (Å²) in [5.41, 5.74) is 2.53. The van der Waals surface area contributed by atoms with Crippen molar-refractivity contribution in [3.63, 3.8) is 0 Å². The van der Waals surface area contributed by atoms with Gasteiger partial charge < -0.3 is 9.64 Å². The summed E-state index contributed by atoms with van der Waals surface area (Å²) < 4.78 is 11.4. The minimum atomic E-state index is 0.368. The normalized spacial score (nSPS) is 18.9. The van der Waals surface area contributed by atoms with Gasteiger partial charge in [-0.15, -0.1) is 0 Å². The Morgan fingerprint density at radius 2 is 2.35 bits per heavy atom. The van der Waals surface area contributed by atoms with Crippen molar-refractivity contribution >= 4 is 16.7 Å². The number of nitrogens with zero attached hydrogens (tertiary/aromatic N) is 5. The van der Waals surface area contributed by atoms with Crippen LogP contribution in [0.1, 0.15) is 36.0 Å². The monoisotopic (exact) mass is 293 g/mol. The van der Waals surface area contributed by atoms with Crippen LogP contribution in [0.15, 0.2) is 6.20 Å². The first-order chi connectivity index (χ1) is 9.70. The van der Waals surface area contributed by atoms with E-state index in [1.165, 1.54) is 29.2 Å². The SMILES string of the molecule is COCc1nsc(N2CCC[C@@H]2c2cnn(C)c2C)n1. The number of anilines is 1. The number of hydrogen-bond donors (Lipinski definition) is 0. The fraction of sp³-hybridized carbons (Fsp3) is 0.615. The lowest BCUT2D eigenvalue weighted by molar-refractivity contribution is 0.179. The minimum absolute atomic E-state index is 0.368. The molecule has 0 N–H and O–H groups in total. The van der Waals surface area contributed by atoms with Gasteiger partial charge in [0.1, 0.15) is 6.61 Å². The molecule has 0 amide bonds. The van der Waals surface area contributed by atoms with E-state index in [-0.39, 0.29) is 0 Å². The van der Waals surface area contributed by atoms with E-state index in [0.29, 0.717) is 12.6 Å². The van der Waals surface area contributed by atoms with Crippen LogP contribution < -0.4 is 4.90 Å². The molecule has 3 heterocycles. The molecular weight excluding hydrogens is 274 g/mol. The van der Waals surface area contributed by atoms with Crippen LogP contribution >= 0.6 is 11.5 Å². The molecule has 0 saturated carbocycles. The average molecular weight is 293 g/mol. The first-order valence-electron chi connectivity index (χ1n) is 6.77. The predicted molar refractivity (Wildman–Crippen MR) is 77.9 cm³/mol. The molecule has 1 aliphatic heterocycles. The molecule has 1 fully saturated rings. The maximum absolute atomic E-state index is 5.09.